The van der Waals surface area contributed by atoms with Crippen LogP contribution in [0.15, 0.2) is 54.6 Å². The van der Waals surface area contributed by atoms with Crippen molar-refractivity contribution < 1.29 is 27.4 Å². The van der Waals surface area contributed by atoms with Crippen molar-refractivity contribution in [2.45, 2.75) is 38.7 Å². The minimum absolute atomic E-state index is 0.510. The molecule has 0 aliphatic carbocycles. The molecule has 0 fully saturated rings. The van der Waals surface area contributed by atoms with Gasteiger partial charge in [0.05, 0.1) is 16.1 Å². The van der Waals surface area contributed by atoms with Crippen LogP contribution >= 0.6 is 11.3 Å². The summed E-state index contributed by atoms with van der Waals surface area (Å²) < 4.78 is 49.5. The Morgan fingerprint density at radius 3 is 2.29 bits per heavy atom. The maximum atomic E-state index is 12.8. The average Bonchev–Trinajstić information content (AvgIpc) is 3.14. The third-order valence-corrected chi connectivity index (χ3v) is 6.06. The molecule has 0 N–H and O–H groups in total. The molecule has 0 amide bonds. The van der Waals surface area contributed by atoms with Crippen molar-refractivity contribution in [2.24, 2.45) is 0 Å². The van der Waals surface area contributed by atoms with Gasteiger partial charge in [-0.1, -0.05) is 49.4 Å². The van der Waals surface area contributed by atoms with Gasteiger partial charge in [0.1, 0.15) is 11.1 Å². The summed E-state index contributed by atoms with van der Waals surface area (Å²) in [6.07, 6.45) is -5.25. The van der Waals surface area contributed by atoms with Gasteiger partial charge in [0, 0.05) is 12.7 Å². The fraction of sp³-hybridized carbons (Fsp3) is 0.304. The first-order valence-electron chi connectivity index (χ1n) is 9.67. The third-order valence-electron chi connectivity index (χ3n) is 4.77. The molecule has 2 atom stereocenters. The van der Waals surface area contributed by atoms with Crippen molar-refractivity contribution in [3.8, 4) is 10.6 Å². The number of methoxy groups -OCH3 is 1. The van der Waals surface area contributed by atoms with Gasteiger partial charge < -0.3 is 9.47 Å². The van der Waals surface area contributed by atoms with Crippen LogP contribution in [0.3, 0.4) is 0 Å². The maximum Gasteiger partial charge on any atom is 0.416 e. The number of hydrogen-bond donors (Lipinski definition) is 0. The van der Waals surface area contributed by atoms with E-state index in [0.29, 0.717) is 28.2 Å². The van der Waals surface area contributed by atoms with E-state index in [9.17, 15) is 18.0 Å². The van der Waals surface area contributed by atoms with Crippen molar-refractivity contribution >= 4 is 17.3 Å². The summed E-state index contributed by atoms with van der Waals surface area (Å²) in [5.41, 5.74) is 1.23. The van der Waals surface area contributed by atoms with Gasteiger partial charge in [-0.3, -0.25) is 0 Å². The number of alkyl halides is 3. The summed E-state index contributed by atoms with van der Waals surface area (Å²) in [7, 11) is 1.44. The van der Waals surface area contributed by atoms with Crippen LogP contribution in [0.4, 0.5) is 13.2 Å². The van der Waals surface area contributed by atoms with E-state index < -0.39 is 29.9 Å². The Bertz CT molecular complexity index is 1020. The van der Waals surface area contributed by atoms with Crippen LogP contribution in [0.2, 0.25) is 0 Å². The highest BCUT2D eigenvalue weighted by molar-refractivity contribution is 7.15. The summed E-state index contributed by atoms with van der Waals surface area (Å²) in [4.78, 5) is 18.0. The van der Waals surface area contributed by atoms with E-state index in [1.54, 1.807) is 19.1 Å². The number of aromatic nitrogens is 1. The molecule has 3 aromatic rings. The number of carbonyl (C=O) groups excluding carboxylic acids is 1. The van der Waals surface area contributed by atoms with E-state index in [-0.39, 0.29) is 0 Å². The summed E-state index contributed by atoms with van der Waals surface area (Å²) in [5, 5.41) is 0.571. The third kappa shape index (κ3) is 5.32. The highest BCUT2D eigenvalue weighted by Crippen LogP contribution is 2.37. The second kappa shape index (κ2) is 9.62. The van der Waals surface area contributed by atoms with Crippen LogP contribution in [0.25, 0.3) is 10.6 Å². The zero-order valence-electron chi connectivity index (χ0n) is 17.3. The second-order valence-electron chi connectivity index (χ2n) is 6.90. The van der Waals surface area contributed by atoms with Gasteiger partial charge in [-0.25, -0.2) is 9.78 Å². The van der Waals surface area contributed by atoms with Gasteiger partial charge in [-0.15, -0.1) is 11.3 Å². The highest BCUT2D eigenvalue weighted by atomic mass is 32.1. The molecule has 0 aliphatic heterocycles. The topological polar surface area (TPSA) is 48.4 Å². The van der Waals surface area contributed by atoms with Crippen LogP contribution in [0.1, 0.15) is 47.3 Å². The van der Waals surface area contributed by atoms with Gasteiger partial charge in [0.15, 0.2) is 6.10 Å². The molecule has 2 aromatic carbocycles. The molecule has 4 nitrogen and oxygen atoms in total. The monoisotopic (exact) mass is 449 g/mol. The summed E-state index contributed by atoms with van der Waals surface area (Å²) >= 11 is 1.31. The molecule has 0 aliphatic rings. The number of hydrogen-bond acceptors (Lipinski definition) is 5. The molecule has 1 aromatic heterocycles. The molecule has 164 valence electrons. The molecule has 0 spiro atoms. The van der Waals surface area contributed by atoms with Crippen molar-refractivity contribution in [3.05, 3.63) is 76.3 Å². The van der Waals surface area contributed by atoms with Gasteiger partial charge in [0.25, 0.3) is 0 Å². The standard InChI is InChI=1S/C23H22F3NO3S/c1-4-18(30-22(28)19(29-3)15-8-6-5-7-9-15)20-14(2)27-21(31-20)16-10-12-17(13-11-16)23(24,25)26/h5-13,18-19H,4H2,1-3H3/t18-,19-/m1/s1. The van der Waals surface area contributed by atoms with Crippen LogP contribution in [0.5, 0.6) is 0 Å². The smallest absolute Gasteiger partial charge is 0.416 e. The van der Waals surface area contributed by atoms with Crippen molar-refractivity contribution in [1.29, 1.82) is 0 Å². The van der Waals surface area contributed by atoms with E-state index in [0.717, 1.165) is 17.0 Å². The average molecular weight is 449 g/mol. The van der Waals surface area contributed by atoms with Crippen LogP contribution in [-0.2, 0) is 20.4 Å². The molecular formula is C23H22F3NO3S. The normalized spacial score (nSPS) is 13.6. The summed E-state index contributed by atoms with van der Waals surface area (Å²) in [6.45, 7) is 3.68. The van der Waals surface area contributed by atoms with E-state index in [1.807, 2.05) is 25.1 Å². The number of nitrogens with zero attached hydrogens (tertiary/aromatic N) is 1. The summed E-state index contributed by atoms with van der Waals surface area (Å²) in [6, 6.07) is 13.9. The number of halogens is 3. The van der Waals surface area contributed by atoms with Crippen LogP contribution in [-0.4, -0.2) is 18.1 Å². The second-order valence-corrected chi connectivity index (χ2v) is 7.93. The first-order valence-corrected chi connectivity index (χ1v) is 10.5. The Labute approximate surface area is 182 Å². The number of thiazole rings is 1. The lowest BCUT2D eigenvalue weighted by molar-refractivity contribution is -0.162. The summed E-state index contributed by atoms with van der Waals surface area (Å²) in [5.74, 6) is -0.510. The molecule has 1 heterocycles. The quantitative estimate of drug-likeness (QED) is 0.385. The number of carbonyl (C=O) groups is 1. The van der Waals surface area contributed by atoms with E-state index in [2.05, 4.69) is 4.98 Å². The van der Waals surface area contributed by atoms with E-state index >= 15 is 0 Å². The molecule has 31 heavy (non-hydrogen) atoms. The Kier molecular flexibility index (Phi) is 7.12. The fourth-order valence-corrected chi connectivity index (χ4v) is 4.34. The lowest BCUT2D eigenvalue weighted by atomic mass is 10.1. The van der Waals surface area contributed by atoms with Crippen LogP contribution in [0, 0.1) is 6.92 Å². The largest absolute Gasteiger partial charge is 0.454 e. The molecule has 0 radical (unpaired) electrons. The first kappa shape index (κ1) is 23.0. The zero-order chi connectivity index (χ0) is 22.6. The first-order chi connectivity index (χ1) is 14.7. The highest BCUT2D eigenvalue weighted by Gasteiger charge is 2.30. The van der Waals surface area contributed by atoms with E-state index in [4.69, 9.17) is 9.47 Å². The fourth-order valence-electron chi connectivity index (χ4n) is 3.15. The molecule has 0 unspecified atom stereocenters. The predicted molar refractivity (Wildman–Crippen MR) is 113 cm³/mol. The Hall–Kier alpha value is -2.71. The molecule has 8 heteroatoms. The SMILES string of the molecule is CC[C@@H](OC(=O)[C@H](OC)c1ccccc1)c1sc(-c2ccc(C(F)(F)F)cc2)nc1C. The Morgan fingerprint density at radius 2 is 1.74 bits per heavy atom. The van der Waals surface area contributed by atoms with Gasteiger partial charge >= 0.3 is 12.1 Å². The van der Waals surface area contributed by atoms with Crippen molar-refractivity contribution in [2.75, 3.05) is 7.11 Å². The predicted octanol–water partition coefficient (Wildman–Crippen LogP) is 6.52. The molecule has 0 bridgehead atoms. The molecular weight excluding hydrogens is 427 g/mol. The molecule has 0 saturated carbocycles. The number of benzene rings is 2. The Balaban J connectivity index is 1.81. The van der Waals surface area contributed by atoms with Gasteiger partial charge in [0.2, 0.25) is 0 Å². The number of ether oxygens (including phenoxy) is 2. The number of aryl methyl sites for hydroxylation is 1. The zero-order valence-corrected chi connectivity index (χ0v) is 18.1. The van der Waals surface area contributed by atoms with Crippen LogP contribution < -0.4 is 0 Å². The number of esters is 1. The molecule has 0 saturated heterocycles. The minimum Gasteiger partial charge on any atom is -0.454 e. The number of rotatable bonds is 7. The maximum absolute atomic E-state index is 12.8. The minimum atomic E-state index is -4.39. The van der Waals surface area contributed by atoms with Gasteiger partial charge in [-0.2, -0.15) is 13.2 Å². The van der Waals surface area contributed by atoms with Gasteiger partial charge in [-0.05, 0) is 31.0 Å². The Morgan fingerprint density at radius 1 is 1.10 bits per heavy atom. The molecule has 3 rings (SSSR count). The lowest BCUT2D eigenvalue weighted by Gasteiger charge is -2.20. The van der Waals surface area contributed by atoms with Crippen molar-refractivity contribution in [1.82, 2.24) is 4.98 Å². The van der Waals surface area contributed by atoms with E-state index in [1.165, 1.54) is 30.6 Å². The lowest BCUT2D eigenvalue weighted by Crippen LogP contribution is -2.20. The van der Waals surface area contributed by atoms with Crippen molar-refractivity contribution in [3.63, 3.8) is 0 Å².